The molecular weight excluding hydrogens is 346 g/mol. The van der Waals surface area contributed by atoms with E-state index in [-0.39, 0.29) is 5.91 Å². The summed E-state index contributed by atoms with van der Waals surface area (Å²) in [7, 11) is 0. The lowest BCUT2D eigenvalue weighted by atomic mass is 9.90. The van der Waals surface area contributed by atoms with Crippen LogP contribution < -0.4 is 5.32 Å². The number of carbonyl (C=O) groups excluding carboxylic acids is 1. The molecule has 0 atom stereocenters. The Kier molecular flexibility index (Phi) is 6.64. The molecule has 3 rings (SSSR count). The first kappa shape index (κ1) is 18.9. The van der Waals surface area contributed by atoms with E-state index in [9.17, 15) is 4.79 Å². The van der Waals surface area contributed by atoms with Crippen LogP contribution >= 0.6 is 11.6 Å². The molecule has 1 fully saturated rings. The number of nitrogens with zero attached hydrogens (tertiary/aromatic N) is 2. The maximum Gasteiger partial charge on any atom is 0.238 e. The van der Waals surface area contributed by atoms with Crippen LogP contribution in [0.1, 0.15) is 30.4 Å². The summed E-state index contributed by atoms with van der Waals surface area (Å²) in [5, 5.41) is 3.17. The Morgan fingerprint density at radius 2 is 1.96 bits per heavy atom. The number of nitrogens with one attached hydrogen (secondary N) is 1. The topological polar surface area (TPSA) is 45.2 Å². The highest BCUT2D eigenvalue weighted by molar-refractivity contribution is 6.32. The number of carbonyl (C=O) groups is 1. The predicted molar refractivity (Wildman–Crippen MR) is 107 cm³/mol. The van der Waals surface area contributed by atoms with Crippen molar-refractivity contribution in [3.8, 4) is 0 Å². The van der Waals surface area contributed by atoms with Gasteiger partial charge in [-0.1, -0.05) is 41.4 Å². The number of anilines is 1. The van der Waals surface area contributed by atoms with E-state index < -0.39 is 0 Å². The molecule has 1 aliphatic rings. The number of rotatable bonds is 6. The van der Waals surface area contributed by atoms with Crippen LogP contribution in [0.5, 0.6) is 0 Å². The Balaban J connectivity index is 1.38. The maximum atomic E-state index is 12.2. The molecule has 1 aromatic heterocycles. The Morgan fingerprint density at radius 1 is 1.23 bits per heavy atom. The van der Waals surface area contributed by atoms with Gasteiger partial charge in [0.1, 0.15) is 0 Å². The van der Waals surface area contributed by atoms with Crippen molar-refractivity contribution in [2.45, 2.75) is 32.6 Å². The first-order valence-electron chi connectivity index (χ1n) is 9.28. The van der Waals surface area contributed by atoms with E-state index in [4.69, 9.17) is 11.6 Å². The van der Waals surface area contributed by atoms with Gasteiger partial charge >= 0.3 is 0 Å². The first-order chi connectivity index (χ1) is 12.6. The van der Waals surface area contributed by atoms with Crippen LogP contribution in [0.15, 0.2) is 42.6 Å². The largest absolute Gasteiger partial charge is 0.322 e. The summed E-state index contributed by atoms with van der Waals surface area (Å²) in [5.74, 6) is 0.724. The van der Waals surface area contributed by atoms with Gasteiger partial charge in [-0.05, 0) is 69.3 Å². The molecule has 0 aliphatic carbocycles. The van der Waals surface area contributed by atoms with E-state index in [1.165, 1.54) is 17.5 Å². The molecule has 0 radical (unpaired) electrons. The van der Waals surface area contributed by atoms with Gasteiger partial charge < -0.3 is 5.32 Å². The van der Waals surface area contributed by atoms with Crippen molar-refractivity contribution in [2.24, 2.45) is 5.92 Å². The molecule has 2 heterocycles. The third kappa shape index (κ3) is 5.55. The quantitative estimate of drug-likeness (QED) is 0.769. The predicted octanol–water partition coefficient (Wildman–Crippen LogP) is 4.33. The van der Waals surface area contributed by atoms with Crippen LogP contribution in [0, 0.1) is 12.8 Å². The minimum absolute atomic E-state index is 0.0296. The Labute approximate surface area is 160 Å². The third-order valence-electron chi connectivity index (χ3n) is 5.07. The summed E-state index contributed by atoms with van der Waals surface area (Å²) in [6.07, 6.45) is 6.30. The molecule has 5 heteroatoms. The zero-order valence-electron chi connectivity index (χ0n) is 15.2. The fraction of sp³-hybridized carbons (Fsp3) is 0.429. The number of aryl methyl sites for hydroxylation is 2. The Bertz CT molecular complexity index is 724. The second-order valence-electron chi connectivity index (χ2n) is 7.13. The Morgan fingerprint density at radius 3 is 2.65 bits per heavy atom. The van der Waals surface area contributed by atoms with E-state index in [1.54, 1.807) is 18.3 Å². The second kappa shape index (κ2) is 9.15. The SMILES string of the molecule is Cc1ccc(CCC2CCN(CC(=O)Nc3cccnc3Cl)CC2)cc1. The summed E-state index contributed by atoms with van der Waals surface area (Å²) in [4.78, 5) is 18.4. The van der Waals surface area contributed by atoms with Crippen LogP contribution in [0.2, 0.25) is 5.15 Å². The van der Waals surface area contributed by atoms with Gasteiger partial charge in [0, 0.05) is 6.20 Å². The van der Waals surface area contributed by atoms with Gasteiger partial charge in [-0.3, -0.25) is 9.69 Å². The number of hydrogen-bond acceptors (Lipinski definition) is 3. The molecule has 0 saturated carbocycles. The lowest BCUT2D eigenvalue weighted by Crippen LogP contribution is -2.39. The van der Waals surface area contributed by atoms with Gasteiger partial charge in [0.15, 0.2) is 5.15 Å². The summed E-state index contributed by atoms with van der Waals surface area (Å²) in [6, 6.07) is 12.4. The van der Waals surface area contributed by atoms with Crippen LogP contribution in [0.3, 0.4) is 0 Å². The molecule has 0 spiro atoms. The van der Waals surface area contributed by atoms with Crippen molar-refractivity contribution < 1.29 is 4.79 Å². The average Bonchev–Trinajstić information content (AvgIpc) is 2.64. The molecule has 4 nitrogen and oxygen atoms in total. The number of likely N-dealkylation sites (tertiary alicyclic amines) is 1. The molecule has 1 N–H and O–H groups in total. The molecule has 2 aromatic rings. The summed E-state index contributed by atoms with van der Waals surface area (Å²) in [6.45, 7) is 4.49. The van der Waals surface area contributed by atoms with Crippen LogP contribution in [0.25, 0.3) is 0 Å². The van der Waals surface area contributed by atoms with E-state index in [0.717, 1.165) is 38.3 Å². The van der Waals surface area contributed by atoms with Gasteiger partial charge in [0.2, 0.25) is 5.91 Å². The van der Waals surface area contributed by atoms with Crippen molar-refractivity contribution in [2.75, 3.05) is 25.0 Å². The van der Waals surface area contributed by atoms with Gasteiger partial charge in [-0.25, -0.2) is 4.98 Å². The number of piperidine rings is 1. The zero-order valence-corrected chi connectivity index (χ0v) is 16.0. The van der Waals surface area contributed by atoms with E-state index in [0.29, 0.717) is 17.4 Å². The number of aromatic nitrogens is 1. The Hall–Kier alpha value is -1.91. The maximum absolute atomic E-state index is 12.2. The standard InChI is InChI=1S/C21H26ClN3O/c1-16-4-6-17(7-5-16)8-9-18-10-13-25(14-11-18)15-20(26)24-19-3-2-12-23-21(19)22/h2-7,12,18H,8-11,13-15H2,1H3,(H,24,26). The molecule has 1 saturated heterocycles. The molecule has 1 aliphatic heterocycles. The minimum Gasteiger partial charge on any atom is -0.322 e. The van der Waals surface area contributed by atoms with E-state index in [1.807, 2.05) is 0 Å². The summed E-state index contributed by atoms with van der Waals surface area (Å²) < 4.78 is 0. The monoisotopic (exact) mass is 371 g/mol. The molecule has 0 bridgehead atoms. The molecule has 1 amide bonds. The van der Waals surface area contributed by atoms with Gasteiger partial charge in [0.25, 0.3) is 0 Å². The van der Waals surface area contributed by atoms with Gasteiger partial charge in [0.05, 0.1) is 12.2 Å². The van der Waals surface area contributed by atoms with Crippen molar-refractivity contribution in [3.05, 3.63) is 58.9 Å². The van der Waals surface area contributed by atoms with E-state index >= 15 is 0 Å². The molecular formula is C21H26ClN3O. The molecule has 26 heavy (non-hydrogen) atoms. The lowest BCUT2D eigenvalue weighted by molar-refractivity contribution is -0.117. The number of pyridine rings is 1. The smallest absolute Gasteiger partial charge is 0.238 e. The van der Waals surface area contributed by atoms with Crippen molar-refractivity contribution in [1.82, 2.24) is 9.88 Å². The summed E-state index contributed by atoms with van der Waals surface area (Å²) >= 11 is 5.98. The highest BCUT2D eigenvalue weighted by atomic mass is 35.5. The molecule has 138 valence electrons. The first-order valence-corrected chi connectivity index (χ1v) is 9.66. The van der Waals surface area contributed by atoms with Crippen molar-refractivity contribution in [3.63, 3.8) is 0 Å². The zero-order chi connectivity index (χ0) is 18.4. The molecule has 1 aromatic carbocycles. The highest BCUT2D eigenvalue weighted by Gasteiger charge is 2.21. The van der Waals surface area contributed by atoms with Crippen molar-refractivity contribution in [1.29, 1.82) is 0 Å². The number of halogens is 1. The molecule has 0 unspecified atom stereocenters. The fourth-order valence-electron chi connectivity index (χ4n) is 3.43. The highest BCUT2D eigenvalue weighted by Crippen LogP contribution is 2.23. The number of benzene rings is 1. The lowest BCUT2D eigenvalue weighted by Gasteiger charge is -2.31. The normalized spacial score (nSPS) is 15.8. The van der Waals surface area contributed by atoms with Crippen molar-refractivity contribution >= 4 is 23.2 Å². The third-order valence-corrected chi connectivity index (χ3v) is 5.37. The van der Waals surface area contributed by atoms with Crippen LogP contribution in [-0.4, -0.2) is 35.4 Å². The minimum atomic E-state index is -0.0296. The fourth-order valence-corrected chi connectivity index (χ4v) is 3.60. The van der Waals surface area contributed by atoms with Gasteiger partial charge in [-0.2, -0.15) is 0 Å². The second-order valence-corrected chi connectivity index (χ2v) is 7.49. The van der Waals surface area contributed by atoms with E-state index in [2.05, 4.69) is 46.4 Å². The van der Waals surface area contributed by atoms with Crippen LogP contribution in [-0.2, 0) is 11.2 Å². The average molecular weight is 372 g/mol. The van der Waals surface area contributed by atoms with Gasteiger partial charge in [-0.15, -0.1) is 0 Å². The van der Waals surface area contributed by atoms with Crippen LogP contribution in [0.4, 0.5) is 5.69 Å². The number of hydrogen-bond donors (Lipinski definition) is 1. The summed E-state index contributed by atoms with van der Waals surface area (Å²) in [5.41, 5.74) is 3.31. The number of amides is 1.